The van der Waals surface area contributed by atoms with Gasteiger partial charge in [-0.1, -0.05) is 74.3 Å². The number of allylic oxidation sites excluding steroid dienone is 7. The summed E-state index contributed by atoms with van der Waals surface area (Å²) in [7, 11) is 0. The average molecular weight is 731 g/mol. The van der Waals surface area contributed by atoms with Gasteiger partial charge in [0.15, 0.2) is 28.6 Å². The van der Waals surface area contributed by atoms with E-state index in [0.29, 0.717) is 0 Å². The van der Waals surface area contributed by atoms with Crippen molar-refractivity contribution < 1.29 is 50.1 Å². The van der Waals surface area contributed by atoms with Gasteiger partial charge in [-0.2, -0.15) is 0 Å². The van der Waals surface area contributed by atoms with Gasteiger partial charge >= 0.3 is 0 Å². The maximum absolute atomic E-state index is 12.7. The molecule has 0 fully saturated rings. The fraction of sp³-hybridized carbons (Fsp3) is 0.643. The summed E-state index contributed by atoms with van der Waals surface area (Å²) in [6, 6.07) is 0. The zero-order valence-corrected chi connectivity index (χ0v) is 33.4. The highest BCUT2D eigenvalue weighted by molar-refractivity contribution is 6.02. The zero-order valence-electron chi connectivity index (χ0n) is 33.4. The van der Waals surface area contributed by atoms with Gasteiger partial charge in [0.1, 0.15) is 11.5 Å². The van der Waals surface area contributed by atoms with E-state index in [0.717, 1.165) is 22.3 Å². The SMILES string of the molecule is CC(C)=CCC(=O)C1(O)C(O)=C(C(=O)CC(C)C)C(O)C1CC=C(C)C.CC(C)=CCC(O)C1(O)C(O)=C(C(=O)CC(C)C)C(O)C1CC=C(C)C. The molecule has 0 spiro atoms. The lowest BCUT2D eigenvalue weighted by atomic mass is 9.79. The van der Waals surface area contributed by atoms with Crippen molar-refractivity contribution in [1.29, 1.82) is 0 Å². The molecular weight excluding hydrogens is 664 g/mol. The lowest BCUT2D eigenvalue weighted by Crippen LogP contribution is -2.50. The molecule has 0 saturated heterocycles. The van der Waals surface area contributed by atoms with E-state index in [4.69, 9.17) is 0 Å². The van der Waals surface area contributed by atoms with E-state index in [-0.39, 0.29) is 61.5 Å². The lowest BCUT2D eigenvalue weighted by Gasteiger charge is -2.35. The topological polar surface area (TPSA) is 193 Å². The first-order valence-electron chi connectivity index (χ1n) is 18.3. The quantitative estimate of drug-likeness (QED) is 0.0849. The number of aliphatic hydroxyl groups excluding tert-OH is 5. The summed E-state index contributed by atoms with van der Waals surface area (Å²) in [4.78, 5) is 37.8. The summed E-state index contributed by atoms with van der Waals surface area (Å²) in [5, 5.41) is 75.7. The maximum Gasteiger partial charge on any atom is 0.186 e. The first kappa shape index (κ1) is 46.9. The summed E-state index contributed by atoms with van der Waals surface area (Å²) in [6.07, 6.45) is 3.77. The predicted octanol–water partition coefficient (Wildman–Crippen LogP) is 6.63. The molecular formula is C42H66O10. The second kappa shape index (κ2) is 19.8. The van der Waals surface area contributed by atoms with E-state index in [1.54, 1.807) is 18.2 Å². The first-order chi connectivity index (χ1) is 23.8. The fourth-order valence-electron chi connectivity index (χ4n) is 6.54. The molecule has 0 amide bonds. The number of ketones is 3. The molecule has 2 aliphatic carbocycles. The van der Waals surface area contributed by atoms with Gasteiger partial charge in [-0.15, -0.1) is 0 Å². The number of hydrogen-bond donors (Lipinski definition) is 7. The van der Waals surface area contributed by atoms with Crippen LogP contribution in [-0.2, 0) is 14.4 Å². The van der Waals surface area contributed by atoms with E-state index in [1.807, 2.05) is 89.2 Å². The smallest absolute Gasteiger partial charge is 0.186 e. The molecule has 10 heteroatoms. The number of carbonyl (C=O) groups is 3. The Morgan fingerprint density at radius 3 is 1.42 bits per heavy atom. The Labute approximate surface area is 311 Å². The van der Waals surface area contributed by atoms with E-state index in [9.17, 15) is 50.1 Å². The summed E-state index contributed by atoms with van der Waals surface area (Å²) in [5.74, 6) is -4.50. The van der Waals surface area contributed by atoms with Crippen LogP contribution in [0.3, 0.4) is 0 Å². The van der Waals surface area contributed by atoms with E-state index in [1.165, 1.54) is 0 Å². The van der Waals surface area contributed by atoms with Crippen molar-refractivity contribution in [3.63, 3.8) is 0 Å². The van der Waals surface area contributed by atoms with Crippen LogP contribution in [-0.4, -0.2) is 82.6 Å². The molecule has 294 valence electrons. The summed E-state index contributed by atoms with van der Waals surface area (Å²) < 4.78 is 0. The van der Waals surface area contributed by atoms with Crippen LogP contribution < -0.4 is 0 Å². The Balaban J connectivity index is 0.000000520. The van der Waals surface area contributed by atoms with E-state index >= 15 is 0 Å². The molecule has 52 heavy (non-hydrogen) atoms. The highest BCUT2D eigenvalue weighted by atomic mass is 16.4. The Kier molecular flexibility index (Phi) is 17.8. The lowest BCUT2D eigenvalue weighted by molar-refractivity contribution is -0.142. The molecule has 0 bridgehead atoms. The van der Waals surface area contributed by atoms with Crippen molar-refractivity contribution >= 4 is 17.3 Å². The van der Waals surface area contributed by atoms with Gasteiger partial charge in [0.05, 0.1) is 29.5 Å². The van der Waals surface area contributed by atoms with Crippen molar-refractivity contribution in [1.82, 2.24) is 0 Å². The number of Topliss-reactive ketones (excluding diaryl/α,β-unsaturated/α-hetero) is 3. The molecule has 0 radical (unpaired) electrons. The highest BCUT2D eigenvalue weighted by Gasteiger charge is 2.59. The minimum atomic E-state index is -2.25. The van der Waals surface area contributed by atoms with Crippen molar-refractivity contribution in [2.45, 2.75) is 151 Å². The molecule has 0 aliphatic heterocycles. The summed E-state index contributed by atoms with van der Waals surface area (Å²) >= 11 is 0. The Hall–Kier alpha value is -3.15. The van der Waals surface area contributed by atoms with Crippen LogP contribution in [0.5, 0.6) is 0 Å². The van der Waals surface area contributed by atoms with Crippen molar-refractivity contribution in [2.24, 2.45) is 23.7 Å². The van der Waals surface area contributed by atoms with Crippen molar-refractivity contribution in [3.8, 4) is 0 Å². The number of rotatable bonds is 16. The fourth-order valence-corrected chi connectivity index (χ4v) is 6.54. The Bertz CT molecular complexity index is 1470. The minimum Gasteiger partial charge on any atom is -0.509 e. The molecule has 10 nitrogen and oxygen atoms in total. The number of aliphatic hydroxyl groups is 7. The molecule has 0 aromatic carbocycles. The van der Waals surface area contributed by atoms with Gasteiger partial charge in [0, 0.05) is 31.1 Å². The summed E-state index contributed by atoms with van der Waals surface area (Å²) in [5.41, 5.74) is -0.882. The van der Waals surface area contributed by atoms with Crippen molar-refractivity contribution in [3.05, 3.63) is 69.3 Å². The third-order valence-corrected chi connectivity index (χ3v) is 9.43. The standard InChI is InChI=1S/C21H34O5.C21H32O5/c2*1-12(2)7-9-15-19(24)18(16(22)11-14(5)6)20(25)21(15,26)17(23)10-8-13(3)4/h7-8,14-15,17,19,23-26H,9-11H2,1-6H3;7-8,14-15,19,24-26H,9-11H2,1-6H3. The normalized spacial score (nSPS) is 26.1. The molecule has 0 saturated carbocycles. The van der Waals surface area contributed by atoms with E-state index < -0.39 is 70.2 Å². The molecule has 0 aromatic rings. The second-order valence-electron chi connectivity index (χ2n) is 16.2. The molecule has 0 heterocycles. The van der Waals surface area contributed by atoms with Crippen LogP contribution in [0.4, 0.5) is 0 Å². The largest absolute Gasteiger partial charge is 0.509 e. The zero-order chi connectivity index (χ0) is 40.5. The van der Waals surface area contributed by atoms with Crippen molar-refractivity contribution in [2.75, 3.05) is 0 Å². The van der Waals surface area contributed by atoms with Gasteiger partial charge in [0.2, 0.25) is 0 Å². The number of hydrogen-bond acceptors (Lipinski definition) is 10. The molecule has 2 aliphatic rings. The summed E-state index contributed by atoms with van der Waals surface area (Å²) in [6.45, 7) is 22.3. The second-order valence-corrected chi connectivity index (χ2v) is 16.2. The third-order valence-electron chi connectivity index (χ3n) is 9.43. The van der Waals surface area contributed by atoms with Crippen LogP contribution in [0.2, 0.25) is 0 Å². The highest BCUT2D eigenvalue weighted by Crippen LogP contribution is 2.46. The van der Waals surface area contributed by atoms with Crippen LogP contribution in [0.15, 0.2) is 69.3 Å². The van der Waals surface area contributed by atoms with Crippen LogP contribution in [0.25, 0.3) is 0 Å². The van der Waals surface area contributed by atoms with Gasteiger partial charge in [-0.25, -0.2) is 0 Å². The van der Waals surface area contributed by atoms with Gasteiger partial charge in [-0.3, -0.25) is 14.4 Å². The number of carbonyl (C=O) groups excluding carboxylic acids is 3. The minimum absolute atomic E-state index is 0.0290. The molecule has 7 N–H and O–H groups in total. The van der Waals surface area contributed by atoms with Gasteiger partial charge in [-0.05, 0) is 86.5 Å². The first-order valence-corrected chi connectivity index (χ1v) is 18.3. The van der Waals surface area contributed by atoms with Crippen LogP contribution in [0, 0.1) is 23.7 Å². The Morgan fingerprint density at radius 2 is 1.02 bits per heavy atom. The maximum atomic E-state index is 12.7. The third kappa shape index (κ3) is 11.4. The molecule has 2 rings (SSSR count). The van der Waals surface area contributed by atoms with Gasteiger partial charge < -0.3 is 35.7 Å². The monoisotopic (exact) mass is 730 g/mol. The van der Waals surface area contributed by atoms with Crippen LogP contribution in [0.1, 0.15) is 122 Å². The molecule has 7 unspecified atom stereocenters. The predicted molar refractivity (Wildman–Crippen MR) is 204 cm³/mol. The van der Waals surface area contributed by atoms with E-state index in [2.05, 4.69) is 0 Å². The van der Waals surface area contributed by atoms with Crippen LogP contribution >= 0.6 is 0 Å². The average Bonchev–Trinajstić information content (AvgIpc) is 3.33. The molecule has 7 atom stereocenters. The molecule has 0 aromatic heterocycles. The van der Waals surface area contributed by atoms with Gasteiger partial charge in [0.25, 0.3) is 0 Å². The Morgan fingerprint density at radius 1 is 0.635 bits per heavy atom.